The highest BCUT2D eigenvalue weighted by Gasteiger charge is 2.26. The number of benzene rings is 1. The lowest BCUT2D eigenvalue weighted by molar-refractivity contribution is -0.384. The number of hydrogen-bond donors (Lipinski definition) is 2. The van der Waals surface area contributed by atoms with Gasteiger partial charge in [-0.15, -0.1) is 0 Å². The minimum atomic E-state index is -0.496. The number of carbonyl (C=O) groups excluding carboxylic acids is 1. The first-order chi connectivity index (χ1) is 8.98. The first-order valence-electron chi connectivity index (χ1n) is 6.25. The van der Waals surface area contributed by atoms with Crippen molar-refractivity contribution in [3.05, 3.63) is 39.9 Å². The van der Waals surface area contributed by atoms with E-state index in [4.69, 9.17) is 5.73 Å². The van der Waals surface area contributed by atoms with Gasteiger partial charge in [-0.3, -0.25) is 14.9 Å². The highest BCUT2D eigenvalue weighted by molar-refractivity contribution is 5.94. The van der Waals surface area contributed by atoms with Gasteiger partial charge in [0.2, 0.25) is 0 Å². The summed E-state index contributed by atoms with van der Waals surface area (Å²) in [7, 11) is 0. The van der Waals surface area contributed by atoms with Gasteiger partial charge < -0.3 is 11.1 Å². The van der Waals surface area contributed by atoms with E-state index in [0.717, 1.165) is 12.8 Å². The molecular formula is C13H19N3O3. The maximum atomic E-state index is 12.1. The minimum absolute atomic E-state index is 0.0346. The van der Waals surface area contributed by atoms with Crippen molar-refractivity contribution in [3.8, 4) is 0 Å². The summed E-state index contributed by atoms with van der Waals surface area (Å²) in [5, 5.41) is 13.4. The third-order valence-electron chi connectivity index (χ3n) is 3.46. The monoisotopic (exact) mass is 265 g/mol. The van der Waals surface area contributed by atoms with Crippen LogP contribution in [0.5, 0.6) is 0 Å². The van der Waals surface area contributed by atoms with Gasteiger partial charge >= 0.3 is 0 Å². The normalized spacial score (nSPS) is 11.1. The van der Waals surface area contributed by atoms with Gasteiger partial charge in [0.15, 0.2) is 0 Å². The van der Waals surface area contributed by atoms with Crippen LogP contribution in [0.4, 0.5) is 5.69 Å². The molecule has 0 aliphatic rings. The Bertz CT molecular complexity index is 444. The van der Waals surface area contributed by atoms with E-state index in [-0.39, 0.29) is 11.6 Å². The summed E-state index contributed by atoms with van der Waals surface area (Å²) in [6, 6.07) is 5.52. The fourth-order valence-corrected chi connectivity index (χ4v) is 1.81. The van der Waals surface area contributed by atoms with Crippen LogP contribution in [0, 0.1) is 10.1 Å². The highest BCUT2D eigenvalue weighted by Crippen LogP contribution is 2.16. The number of hydrogen-bond acceptors (Lipinski definition) is 4. The number of amides is 1. The zero-order valence-corrected chi connectivity index (χ0v) is 11.2. The van der Waals surface area contributed by atoms with Gasteiger partial charge in [0.25, 0.3) is 11.6 Å². The van der Waals surface area contributed by atoms with Crippen molar-refractivity contribution in [2.45, 2.75) is 32.2 Å². The first kappa shape index (κ1) is 15.1. The highest BCUT2D eigenvalue weighted by atomic mass is 16.6. The summed E-state index contributed by atoms with van der Waals surface area (Å²) >= 11 is 0. The van der Waals surface area contributed by atoms with Gasteiger partial charge in [-0.25, -0.2) is 0 Å². The Balaban J connectivity index is 2.86. The topological polar surface area (TPSA) is 98.3 Å². The van der Waals surface area contributed by atoms with Crippen LogP contribution in [0.25, 0.3) is 0 Å². The summed E-state index contributed by atoms with van der Waals surface area (Å²) in [5.41, 5.74) is 5.66. The number of carbonyl (C=O) groups is 1. The smallest absolute Gasteiger partial charge is 0.269 e. The molecule has 0 aromatic heterocycles. The maximum absolute atomic E-state index is 12.1. The Hall–Kier alpha value is -1.95. The Morgan fingerprint density at radius 1 is 1.32 bits per heavy atom. The molecule has 6 heteroatoms. The third kappa shape index (κ3) is 3.51. The molecule has 0 aliphatic carbocycles. The molecule has 104 valence electrons. The van der Waals surface area contributed by atoms with Crippen molar-refractivity contribution in [3.63, 3.8) is 0 Å². The van der Waals surface area contributed by atoms with Crippen molar-refractivity contribution in [2.24, 2.45) is 5.73 Å². The second kappa shape index (κ2) is 6.29. The van der Waals surface area contributed by atoms with E-state index in [0.29, 0.717) is 12.1 Å². The average Bonchev–Trinajstić information content (AvgIpc) is 2.45. The zero-order chi connectivity index (χ0) is 14.5. The zero-order valence-electron chi connectivity index (χ0n) is 11.2. The summed E-state index contributed by atoms with van der Waals surface area (Å²) in [4.78, 5) is 22.1. The summed E-state index contributed by atoms with van der Waals surface area (Å²) in [6.07, 6.45) is 1.47. The van der Waals surface area contributed by atoms with E-state index < -0.39 is 10.5 Å². The van der Waals surface area contributed by atoms with Crippen LogP contribution in [0.3, 0.4) is 0 Å². The molecule has 0 atom stereocenters. The number of nitrogens with zero attached hydrogens (tertiary/aromatic N) is 1. The van der Waals surface area contributed by atoms with Gasteiger partial charge in [-0.2, -0.15) is 0 Å². The lowest BCUT2D eigenvalue weighted by Crippen LogP contribution is -2.52. The van der Waals surface area contributed by atoms with E-state index in [2.05, 4.69) is 5.32 Å². The van der Waals surface area contributed by atoms with E-state index in [1.165, 1.54) is 24.3 Å². The van der Waals surface area contributed by atoms with E-state index in [1.807, 2.05) is 13.8 Å². The molecule has 0 fully saturated rings. The van der Waals surface area contributed by atoms with Crippen molar-refractivity contribution in [2.75, 3.05) is 6.54 Å². The molecule has 1 aromatic carbocycles. The average molecular weight is 265 g/mol. The maximum Gasteiger partial charge on any atom is 0.269 e. The van der Waals surface area contributed by atoms with Gasteiger partial charge in [0.05, 0.1) is 10.5 Å². The van der Waals surface area contributed by atoms with Crippen molar-refractivity contribution in [1.29, 1.82) is 0 Å². The van der Waals surface area contributed by atoms with E-state index in [1.54, 1.807) is 0 Å². The number of nitro groups is 1. The van der Waals surface area contributed by atoms with Crippen LogP contribution in [-0.4, -0.2) is 22.9 Å². The lowest BCUT2D eigenvalue weighted by atomic mass is 9.92. The Morgan fingerprint density at radius 2 is 1.84 bits per heavy atom. The Kier molecular flexibility index (Phi) is 5.00. The number of non-ortho nitro benzene ring substituents is 1. The molecule has 0 radical (unpaired) electrons. The molecule has 0 saturated carbocycles. The quantitative estimate of drug-likeness (QED) is 0.605. The van der Waals surface area contributed by atoms with Gasteiger partial charge in [-0.05, 0) is 25.0 Å². The minimum Gasteiger partial charge on any atom is -0.345 e. The number of nitrogens with one attached hydrogen (secondary N) is 1. The Labute approximate surface area is 112 Å². The van der Waals surface area contributed by atoms with Gasteiger partial charge in [-0.1, -0.05) is 13.8 Å². The van der Waals surface area contributed by atoms with Crippen LogP contribution < -0.4 is 11.1 Å². The van der Waals surface area contributed by atoms with Crippen LogP contribution in [0.1, 0.15) is 37.0 Å². The van der Waals surface area contributed by atoms with Crippen LogP contribution in [-0.2, 0) is 0 Å². The van der Waals surface area contributed by atoms with Crippen molar-refractivity contribution < 1.29 is 9.72 Å². The molecule has 0 spiro atoms. The summed E-state index contributed by atoms with van der Waals surface area (Å²) < 4.78 is 0. The van der Waals surface area contributed by atoms with Crippen molar-refractivity contribution >= 4 is 11.6 Å². The third-order valence-corrected chi connectivity index (χ3v) is 3.46. The molecule has 6 nitrogen and oxygen atoms in total. The molecule has 0 heterocycles. The molecule has 3 N–H and O–H groups in total. The fourth-order valence-electron chi connectivity index (χ4n) is 1.81. The van der Waals surface area contributed by atoms with E-state index >= 15 is 0 Å². The second-order valence-electron chi connectivity index (χ2n) is 4.45. The molecule has 1 amide bonds. The van der Waals surface area contributed by atoms with Crippen LogP contribution >= 0.6 is 0 Å². The number of nitrogens with two attached hydrogens (primary N) is 1. The molecule has 0 saturated heterocycles. The van der Waals surface area contributed by atoms with Gasteiger partial charge in [0.1, 0.15) is 0 Å². The first-order valence-corrected chi connectivity index (χ1v) is 6.25. The molecule has 0 aliphatic heterocycles. The van der Waals surface area contributed by atoms with Crippen molar-refractivity contribution in [1.82, 2.24) is 5.32 Å². The van der Waals surface area contributed by atoms with Crippen LogP contribution in [0.15, 0.2) is 24.3 Å². The summed E-state index contributed by atoms with van der Waals surface area (Å²) in [5.74, 6) is -0.260. The predicted octanol–water partition coefficient (Wildman–Crippen LogP) is 1.84. The molecule has 0 bridgehead atoms. The Morgan fingerprint density at radius 3 is 2.21 bits per heavy atom. The van der Waals surface area contributed by atoms with Gasteiger partial charge in [0, 0.05) is 24.2 Å². The SMILES string of the molecule is CCC(CC)(CN)NC(=O)c1ccc([N+](=O)[O-])cc1. The van der Waals surface area contributed by atoms with E-state index in [9.17, 15) is 14.9 Å². The van der Waals surface area contributed by atoms with Crippen LogP contribution in [0.2, 0.25) is 0 Å². The number of rotatable bonds is 6. The molecule has 19 heavy (non-hydrogen) atoms. The standard InChI is InChI=1S/C13H19N3O3/c1-3-13(4-2,9-14)15-12(17)10-5-7-11(8-6-10)16(18)19/h5-8H,3-4,9,14H2,1-2H3,(H,15,17). The molecule has 1 rings (SSSR count). The summed E-state index contributed by atoms with van der Waals surface area (Å²) in [6.45, 7) is 4.29. The molecule has 0 unspecified atom stereocenters. The molecule has 1 aromatic rings. The number of nitro benzene ring substituents is 1. The largest absolute Gasteiger partial charge is 0.345 e. The lowest BCUT2D eigenvalue weighted by Gasteiger charge is -2.31. The predicted molar refractivity (Wildman–Crippen MR) is 72.9 cm³/mol. The second-order valence-corrected chi connectivity index (χ2v) is 4.45. The molecular weight excluding hydrogens is 246 g/mol. The fraction of sp³-hybridized carbons (Fsp3) is 0.462.